The first-order chi connectivity index (χ1) is 11.2. The van der Waals surface area contributed by atoms with Crippen LogP contribution in [0.3, 0.4) is 0 Å². The zero-order valence-electron chi connectivity index (χ0n) is 13.7. The van der Waals surface area contributed by atoms with Crippen molar-refractivity contribution >= 4 is 12.0 Å². The van der Waals surface area contributed by atoms with Crippen LogP contribution < -0.4 is 10.1 Å². The lowest BCUT2D eigenvalue weighted by atomic mass is 10.2. The predicted molar refractivity (Wildman–Crippen MR) is 94.1 cm³/mol. The summed E-state index contributed by atoms with van der Waals surface area (Å²) in [4.78, 5) is 11.7. The van der Waals surface area contributed by atoms with E-state index < -0.39 is 0 Å². The number of ether oxygens (including phenoxy) is 1. The Morgan fingerprint density at radius 1 is 1.13 bits per heavy atom. The van der Waals surface area contributed by atoms with Crippen LogP contribution >= 0.6 is 0 Å². The molecule has 0 aromatic heterocycles. The Morgan fingerprint density at radius 3 is 2.48 bits per heavy atom. The van der Waals surface area contributed by atoms with Gasteiger partial charge in [-0.2, -0.15) is 0 Å². The molecule has 23 heavy (non-hydrogen) atoms. The maximum absolute atomic E-state index is 11.7. The molecule has 0 bridgehead atoms. The van der Waals surface area contributed by atoms with Crippen LogP contribution in [0.15, 0.2) is 60.7 Å². The lowest BCUT2D eigenvalue weighted by Gasteiger charge is -2.08. The molecule has 0 aliphatic carbocycles. The van der Waals surface area contributed by atoms with Crippen molar-refractivity contribution in [3.63, 3.8) is 0 Å². The molecular weight excluding hydrogens is 286 g/mol. The third kappa shape index (κ3) is 5.99. The molecule has 0 aliphatic rings. The van der Waals surface area contributed by atoms with Crippen molar-refractivity contribution in [2.45, 2.75) is 32.9 Å². The molecule has 0 spiro atoms. The van der Waals surface area contributed by atoms with Gasteiger partial charge in [-0.3, -0.25) is 4.79 Å². The molecule has 0 saturated heterocycles. The van der Waals surface area contributed by atoms with Crippen molar-refractivity contribution in [2.75, 3.05) is 0 Å². The highest BCUT2D eigenvalue weighted by molar-refractivity contribution is 5.91. The van der Waals surface area contributed by atoms with Crippen molar-refractivity contribution in [1.82, 2.24) is 5.32 Å². The maximum Gasteiger partial charge on any atom is 0.244 e. The second-order valence-corrected chi connectivity index (χ2v) is 5.49. The maximum atomic E-state index is 11.7. The first kappa shape index (κ1) is 16.8. The van der Waals surface area contributed by atoms with Gasteiger partial charge in [-0.25, -0.2) is 0 Å². The molecule has 1 atom stereocenters. The Kier molecular flexibility index (Phi) is 6.42. The van der Waals surface area contributed by atoms with Gasteiger partial charge in [-0.15, -0.1) is 0 Å². The van der Waals surface area contributed by atoms with Gasteiger partial charge in [0.2, 0.25) is 5.91 Å². The summed E-state index contributed by atoms with van der Waals surface area (Å²) in [6, 6.07) is 17.9. The van der Waals surface area contributed by atoms with E-state index >= 15 is 0 Å². The van der Waals surface area contributed by atoms with Crippen LogP contribution in [0.4, 0.5) is 0 Å². The molecule has 2 aromatic rings. The number of nitrogens with one attached hydrogen (secondary N) is 1. The fourth-order valence-electron chi connectivity index (χ4n) is 1.98. The van der Waals surface area contributed by atoms with Crippen LogP contribution in [-0.4, -0.2) is 11.9 Å². The largest absolute Gasteiger partial charge is 0.489 e. The summed E-state index contributed by atoms with van der Waals surface area (Å²) in [6.45, 7) is 4.58. The van der Waals surface area contributed by atoms with E-state index in [1.54, 1.807) is 12.2 Å². The predicted octanol–water partition coefficient (Wildman–Crippen LogP) is 4.19. The monoisotopic (exact) mass is 309 g/mol. The molecule has 120 valence electrons. The van der Waals surface area contributed by atoms with Crippen molar-refractivity contribution in [3.8, 4) is 5.75 Å². The number of benzene rings is 2. The van der Waals surface area contributed by atoms with Crippen LogP contribution in [0.5, 0.6) is 5.75 Å². The van der Waals surface area contributed by atoms with E-state index in [4.69, 9.17) is 4.74 Å². The molecule has 1 amide bonds. The SMILES string of the molecule is CCC(C)NC(=O)/C=C/c1ccc(OCc2ccccc2)cc1. The Labute approximate surface area is 138 Å². The number of hydrogen-bond acceptors (Lipinski definition) is 2. The summed E-state index contributed by atoms with van der Waals surface area (Å²) < 4.78 is 5.74. The molecule has 0 heterocycles. The van der Waals surface area contributed by atoms with Crippen molar-refractivity contribution < 1.29 is 9.53 Å². The van der Waals surface area contributed by atoms with Gasteiger partial charge in [-0.1, -0.05) is 49.4 Å². The van der Waals surface area contributed by atoms with Gasteiger partial charge in [0.15, 0.2) is 0 Å². The van der Waals surface area contributed by atoms with Gasteiger partial charge >= 0.3 is 0 Å². The Bertz CT molecular complexity index is 632. The summed E-state index contributed by atoms with van der Waals surface area (Å²) in [5, 5.41) is 2.90. The van der Waals surface area contributed by atoms with Gasteiger partial charge < -0.3 is 10.1 Å². The molecule has 1 N–H and O–H groups in total. The number of rotatable bonds is 7. The molecule has 0 fully saturated rings. The standard InChI is InChI=1S/C20H23NO2/c1-3-16(2)21-20(22)14-11-17-9-12-19(13-10-17)23-15-18-7-5-4-6-8-18/h4-14,16H,3,15H2,1-2H3,(H,21,22)/b14-11+. The van der Waals surface area contributed by atoms with E-state index in [1.807, 2.05) is 68.4 Å². The smallest absolute Gasteiger partial charge is 0.244 e. The van der Waals surface area contributed by atoms with Crippen LogP contribution in [0.1, 0.15) is 31.4 Å². The molecule has 0 aliphatic heterocycles. The molecule has 2 aromatic carbocycles. The molecule has 3 nitrogen and oxygen atoms in total. The Balaban J connectivity index is 1.85. The van der Waals surface area contributed by atoms with E-state index in [9.17, 15) is 4.79 Å². The van der Waals surface area contributed by atoms with E-state index in [2.05, 4.69) is 5.32 Å². The minimum Gasteiger partial charge on any atom is -0.489 e. The first-order valence-electron chi connectivity index (χ1n) is 7.92. The third-order valence-corrected chi connectivity index (χ3v) is 3.56. The summed E-state index contributed by atoms with van der Waals surface area (Å²) in [5.41, 5.74) is 2.11. The summed E-state index contributed by atoms with van der Waals surface area (Å²) in [6.07, 6.45) is 4.29. The minimum atomic E-state index is -0.0660. The van der Waals surface area contributed by atoms with E-state index in [-0.39, 0.29) is 11.9 Å². The average Bonchev–Trinajstić information content (AvgIpc) is 2.60. The highest BCUT2D eigenvalue weighted by Crippen LogP contribution is 2.15. The fraction of sp³-hybridized carbons (Fsp3) is 0.250. The van der Waals surface area contributed by atoms with Gasteiger partial charge in [0, 0.05) is 12.1 Å². The Hall–Kier alpha value is -2.55. The third-order valence-electron chi connectivity index (χ3n) is 3.56. The second-order valence-electron chi connectivity index (χ2n) is 5.49. The van der Waals surface area contributed by atoms with Gasteiger partial charge in [0.25, 0.3) is 0 Å². The highest BCUT2D eigenvalue weighted by Gasteiger charge is 2.01. The topological polar surface area (TPSA) is 38.3 Å². The minimum absolute atomic E-state index is 0.0660. The van der Waals surface area contributed by atoms with Gasteiger partial charge in [0.05, 0.1) is 0 Å². The van der Waals surface area contributed by atoms with Gasteiger partial charge in [-0.05, 0) is 42.7 Å². The van der Waals surface area contributed by atoms with Crippen LogP contribution in [0.25, 0.3) is 6.08 Å². The second kappa shape index (κ2) is 8.79. The van der Waals surface area contributed by atoms with E-state index in [1.165, 1.54) is 0 Å². The first-order valence-corrected chi connectivity index (χ1v) is 7.92. The molecule has 0 radical (unpaired) electrons. The summed E-state index contributed by atoms with van der Waals surface area (Å²) >= 11 is 0. The summed E-state index contributed by atoms with van der Waals surface area (Å²) in [7, 11) is 0. The summed E-state index contributed by atoms with van der Waals surface area (Å²) in [5.74, 6) is 0.749. The lowest BCUT2D eigenvalue weighted by Crippen LogP contribution is -2.30. The molecular formula is C20H23NO2. The van der Waals surface area contributed by atoms with Crippen molar-refractivity contribution in [2.24, 2.45) is 0 Å². The van der Waals surface area contributed by atoms with Crippen molar-refractivity contribution in [3.05, 3.63) is 71.8 Å². The molecule has 1 unspecified atom stereocenters. The number of hydrogen-bond donors (Lipinski definition) is 1. The molecule has 3 heteroatoms. The zero-order valence-corrected chi connectivity index (χ0v) is 13.7. The molecule has 0 saturated carbocycles. The Morgan fingerprint density at radius 2 is 1.83 bits per heavy atom. The van der Waals surface area contributed by atoms with Gasteiger partial charge in [0.1, 0.15) is 12.4 Å². The normalized spacial score (nSPS) is 12.1. The molecule has 2 rings (SSSR count). The fourth-order valence-corrected chi connectivity index (χ4v) is 1.98. The van der Waals surface area contributed by atoms with Crippen molar-refractivity contribution in [1.29, 1.82) is 0 Å². The number of carbonyl (C=O) groups is 1. The van der Waals surface area contributed by atoms with Crippen LogP contribution in [0.2, 0.25) is 0 Å². The zero-order chi connectivity index (χ0) is 16.5. The van der Waals surface area contributed by atoms with E-state index in [0.29, 0.717) is 6.61 Å². The lowest BCUT2D eigenvalue weighted by molar-refractivity contribution is -0.117. The quantitative estimate of drug-likeness (QED) is 0.779. The number of amides is 1. The van der Waals surface area contributed by atoms with E-state index in [0.717, 1.165) is 23.3 Å². The van der Waals surface area contributed by atoms with Crippen LogP contribution in [-0.2, 0) is 11.4 Å². The highest BCUT2D eigenvalue weighted by atomic mass is 16.5. The number of carbonyl (C=O) groups excluding carboxylic acids is 1. The van der Waals surface area contributed by atoms with Crippen LogP contribution in [0, 0.1) is 0 Å². The average molecular weight is 309 g/mol.